The van der Waals surface area contributed by atoms with E-state index in [9.17, 15) is 0 Å². The summed E-state index contributed by atoms with van der Waals surface area (Å²) in [6, 6.07) is 21.3. The quantitative estimate of drug-likeness (QED) is 0.461. The van der Waals surface area contributed by atoms with E-state index < -0.39 is 0 Å². The van der Waals surface area contributed by atoms with Crippen LogP contribution in [0.15, 0.2) is 85.3 Å². The van der Waals surface area contributed by atoms with Crippen LogP contribution < -0.4 is 4.74 Å². The molecule has 5 aromatic rings. The van der Waals surface area contributed by atoms with Gasteiger partial charge in [-0.05, 0) is 35.9 Å². The molecule has 5 rings (SSSR count). The fourth-order valence-electron chi connectivity index (χ4n) is 3.05. The summed E-state index contributed by atoms with van der Waals surface area (Å²) in [4.78, 5) is 8.42. The molecule has 0 aliphatic carbocycles. The van der Waals surface area contributed by atoms with Gasteiger partial charge in [0.2, 0.25) is 5.88 Å². The molecule has 1 aromatic carbocycles. The van der Waals surface area contributed by atoms with E-state index in [0.717, 1.165) is 22.4 Å². The highest BCUT2D eigenvalue weighted by Gasteiger charge is 2.16. The largest absolute Gasteiger partial charge is 0.470 e. The smallest absolute Gasteiger partial charge is 0.240 e. The average molecular weight is 380 g/mol. The topological polar surface area (TPSA) is 78.1 Å². The lowest BCUT2D eigenvalue weighted by Crippen LogP contribution is -2.05. The van der Waals surface area contributed by atoms with Crippen molar-refractivity contribution in [1.82, 2.24) is 29.8 Å². The van der Waals surface area contributed by atoms with Crippen LogP contribution in [0.5, 0.6) is 5.88 Å². The Morgan fingerprint density at radius 1 is 0.793 bits per heavy atom. The molecular formula is C22H16N6O. The maximum absolute atomic E-state index is 6.08. The van der Waals surface area contributed by atoms with Crippen LogP contribution in [0.2, 0.25) is 0 Å². The summed E-state index contributed by atoms with van der Waals surface area (Å²) in [7, 11) is 0. The molecule has 0 amide bonds. The number of hydrogen-bond donors (Lipinski definition) is 0. The molecule has 0 unspecified atom stereocenters. The number of fused-ring (bicyclic) bond motifs is 1. The first-order chi connectivity index (χ1) is 14.4. The van der Waals surface area contributed by atoms with Crippen molar-refractivity contribution in [3.05, 3.63) is 91.0 Å². The predicted octanol–water partition coefficient (Wildman–Crippen LogP) is 3.83. The number of benzene rings is 1. The zero-order valence-corrected chi connectivity index (χ0v) is 15.4. The molecule has 29 heavy (non-hydrogen) atoms. The molecule has 7 nitrogen and oxygen atoms in total. The van der Waals surface area contributed by atoms with E-state index in [0.29, 0.717) is 24.0 Å². The van der Waals surface area contributed by atoms with Crippen molar-refractivity contribution >= 4 is 5.65 Å². The summed E-state index contributed by atoms with van der Waals surface area (Å²) in [5.41, 5.74) is 4.15. The monoisotopic (exact) mass is 380 g/mol. The van der Waals surface area contributed by atoms with Crippen molar-refractivity contribution in [1.29, 1.82) is 0 Å². The van der Waals surface area contributed by atoms with Crippen molar-refractivity contribution in [3.8, 4) is 28.4 Å². The molecule has 0 N–H and O–H groups in total. The fraction of sp³-hybridized carbons (Fsp3) is 0.0455. The Morgan fingerprint density at radius 2 is 1.62 bits per heavy atom. The van der Waals surface area contributed by atoms with E-state index in [4.69, 9.17) is 9.84 Å². The second-order valence-corrected chi connectivity index (χ2v) is 6.37. The molecule has 0 aliphatic rings. The van der Waals surface area contributed by atoms with Gasteiger partial charge in [-0.15, -0.1) is 15.3 Å². The van der Waals surface area contributed by atoms with Crippen LogP contribution in [0, 0.1) is 0 Å². The third-order valence-corrected chi connectivity index (χ3v) is 4.47. The van der Waals surface area contributed by atoms with Gasteiger partial charge in [0, 0.05) is 29.7 Å². The minimum atomic E-state index is 0.306. The summed E-state index contributed by atoms with van der Waals surface area (Å²) < 4.78 is 7.78. The number of nitrogens with zero attached hydrogens (tertiary/aromatic N) is 6. The van der Waals surface area contributed by atoms with Crippen molar-refractivity contribution in [2.24, 2.45) is 0 Å². The Kier molecular flexibility index (Phi) is 4.38. The Bertz CT molecular complexity index is 1240. The van der Waals surface area contributed by atoms with Crippen LogP contribution in [0.3, 0.4) is 0 Å². The van der Waals surface area contributed by atoms with Gasteiger partial charge in [-0.25, -0.2) is 0 Å². The second kappa shape index (κ2) is 7.47. The van der Waals surface area contributed by atoms with Gasteiger partial charge < -0.3 is 4.74 Å². The van der Waals surface area contributed by atoms with Gasteiger partial charge in [0.1, 0.15) is 6.61 Å². The zero-order chi connectivity index (χ0) is 19.5. The number of pyridine rings is 2. The van der Waals surface area contributed by atoms with E-state index in [-0.39, 0.29) is 0 Å². The summed E-state index contributed by atoms with van der Waals surface area (Å²) in [6.45, 7) is 0.306. The number of ether oxygens (including phenoxy) is 1. The molecule has 4 heterocycles. The molecule has 0 bridgehead atoms. The highest BCUT2D eigenvalue weighted by molar-refractivity contribution is 5.72. The van der Waals surface area contributed by atoms with Crippen molar-refractivity contribution in [2.75, 3.05) is 0 Å². The number of rotatable bonds is 5. The molecule has 0 spiro atoms. The maximum atomic E-state index is 6.08. The Hall–Kier alpha value is -4.13. The number of aromatic nitrogens is 6. The van der Waals surface area contributed by atoms with Crippen molar-refractivity contribution < 1.29 is 4.74 Å². The molecule has 0 aliphatic heterocycles. The van der Waals surface area contributed by atoms with Crippen LogP contribution in [-0.4, -0.2) is 29.8 Å². The fourth-order valence-corrected chi connectivity index (χ4v) is 3.05. The first kappa shape index (κ1) is 17.0. The molecule has 0 saturated heterocycles. The van der Waals surface area contributed by atoms with Crippen LogP contribution >= 0.6 is 0 Å². The second-order valence-electron chi connectivity index (χ2n) is 6.37. The van der Waals surface area contributed by atoms with Gasteiger partial charge >= 0.3 is 0 Å². The van der Waals surface area contributed by atoms with Gasteiger partial charge in [-0.1, -0.05) is 36.4 Å². The summed E-state index contributed by atoms with van der Waals surface area (Å²) in [5.74, 6) is 1.14. The first-order valence-electron chi connectivity index (χ1n) is 9.13. The van der Waals surface area contributed by atoms with Gasteiger partial charge in [-0.3, -0.25) is 9.97 Å². The average Bonchev–Trinajstić information content (AvgIpc) is 3.22. The summed E-state index contributed by atoms with van der Waals surface area (Å²) in [5, 5.41) is 13.4. The van der Waals surface area contributed by atoms with E-state index in [2.05, 4.69) is 20.2 Å². The summed E-state index contributed by atoms with van der Waals surface area (Å²) >= 11 is 0. The van der Waals surface area contributed by atoms with Gasteiger partial charge in [0.05, 0.1) is 5.69 Å². The van der Waals surface area contributed by atoms with E-state index in [1.54, 1.807) is 23.1 Å². The van der Waals surface area contributed by atoms with Crippen molar-refractivity contribution in [3.63, 3.8) is 0 Å². The molecule has 0 saturated carbocycles. The Labute approximate surface area is 166 Å². The predicted molar refractivity (Wildman–Crippen MR) is 108 cm³/mol. The molecular weight excluding hydrogens is 364 g/mol. The molecule has 0 radical (unpaired) electrons. The molecule has 7 heteroatoms. The zero-order valence-electron chi connectivity index (χ0n) is 15.4. The van der Waals surface area contributed by atoms with E-state index in [1.807, 2.05) is 66.7 Å². The lowest BCUT2D eigenvalue weighted by Gasteiger charge is -2.11. The van der Waals surface area contributed by atoms with Gasteiger partial charge in [-0.2, -0.15) is 4.52 Å². The van der Waals surface area contributed by atoms with Crippen LogP contribution in [0.25, 0.3) is 28.2 Å². The van der Waals surface area contributed by atoms with E-state index in [1.165, 1.54) is 0 Å². The highest BCUT2D eigenvalue weighted by atomic mass is 16.5. The normalized spacial score (nSPS) is 10.9. The minimum Gasteiger partial charge on any atom is -0.470 e. The molecule has 0 atom stereocenters. The molecule has 0 fully saturated rings. The standard InChI is InChI=1S/C22H16N6O/c1-2-6-17(7-3-1)21-26-25-20-14-19(16-9-12-23-13-10-16)22(27-28(20)21)29-15-18-8-4-5-11-24-18/h1-14H,15H2. The lowest BCUT2D eigenvalue weighted by atomic mass is 10.1. The lowest BCUT2D eigenvalue weighted by molar-refractivity contribution is 0.286. The Balaban J connectivity index is 1.62. The highest BCUT2D eigenvalue weighted by Crippen LogP contribution is 2.30. The Morgan fingerprint density at radius 3 is 2.41 bits per heavy atom. The van der Waals surface area contributed by atoms with E-state index >= 15 is 0 Å². The summed E-state index contributed by atoms with van der Waals surface area (Å²) in [6.07, 6.45) is 5.22. The van der Waals surface area contributed by atoms with Crippen LogP contribution in [0.1, 0.15) is 5.69 Å². The molecule has 4 aromatic heterocycles. The van der Waals surface area contributed by atoms with Gasteiger partial charge in [0.15, 0.2) is 11.5 Å². The molecule has 140 valence electrons. The third kappa shape index (κ3) is 3.41. The minimum absolute atomic E-state index is 0.306. The SMILES string of the molecule is c1ccc(-c2nnc3cc(-c4ccncc4)c(OCc4ccccn4)nn23)cc1. The number of hydrogen-bond acceptors (Lipinski definition) is 6. The van der Waals surface area contributed by atoms with Crippen molar-refractivity contribution in [2.45, 2.75) is 6.61 Å². The van der Waals surface area contributed by atoms with Gasteiger partial charge in [0.25, 0.3) is 0 Å². The third-order valence-electron chi connectivity index (χ3n) is 4.47. The first-order valence-corrected chi connectivity index (χ1v) is 9.13. The van der Waals surface area contributed by atoms with Crippen LogP contribution in [0.4, 0.5) is 0 Å². The maximum Gasteiger partial charge on any atom is 0.240 e. The van der Waals surface area contributed by atoms with Crippen LogP contribution in [-0.2, 0) is 6.61 Å².